The molecule has 0 bridgehead atoms. The number of piperazine rings is 1. The molecule has 6 heteroatoms. The van der Waals surface area contributed by atoms with Crippen LogP contribution in [0.3, 0.4) is 0 Å². The van der Waals surface area contributed by atoms with Gasteiger partial charge in [-0.05, 0) is 0 Å². The lowest BCUT2D eigenvalue weighted by Crippen LogP contribution is -2.51. The van der Waals surface area contributed by atoms with E-state index in [2.05, 4.69) is 4.74 Å². The molecule has 0 radical (unpaired) electrons. The number of methoxy groups -OCH3 is 1. The number of hydrogen-bond donors (Lipinski definition) is 2. The van der Waals surface area contributed by atoms with Crippen LogP contribution in [0.1, 0.15) is 0 Å². The Morgan fingerprint density at radius 1 is 1.43 bits per heavy atom. The monoisotopic (exact) mass is 200 g/mol. The molecule has 3 N–H and O–H groups in total. The predicted octanol–water partition coefficient (Wildman–Crippen LogP) is -1.33. The number of rotatable bonds is 2. The number of guanidine groups is 1. The van der Waals surface area contributed by atoms with Crippen molar-refractivity contribution in [2.75, 3.05) is 39.8 Å². The molecular weight excluding hydrogens is 184 g/mol. The number of carbonyl (C=O) groups excluding carboxylic acids is 1. The first-order valence-corrected chi connectivity index (χ1v) is 4.51. The zero-order valence-electron chi connectivity index (χ0n) is 8.32. The predicted molar refractivity (Wildman–Crippen MR) is 51.9 cm³/mol. The smallest absolute Gasteiger partial charge is 0.319 e. The summed E-state index contributed by atoms with van der Waals surface area (Å²) in [6.45, 7) is 3.21. The van der Waals surface area contributed by atoms with Gasteiger partial charge < -0.3 is 15.4 Å². The normalized spacial score (nSPS) is 17.9. The number of nitrogens with zero attached hydrogens (tertiary/aromatic N) is 2. The van der Waals surface area contributed by atoms with E-state index in [1.165, 1.54) is 7.11 Å². The van der Waals surface area contributed by atoms with Crippen molar-refractivity contribution in [1.82, 2.24) is 9.80 Å². The molecular formula is C8H16N4O2. The molecule has 14 heavy (non-hydrogen) atoms. The standard InChI is InChI=1S/C8H16N4O2/c1-14-7(13)6-11-2-4-12(5-3-11)8(9)10/h2-6H2,1H3,(H3,9,10). The van der Waals surface area contributed by atoms with Crippen molar-refractivity contribution in [2.24, 2.45) is 5.73 Å². The largest absolute Gasteiger partial charge is 0.468 e. The Labute approximate surface area is 83.1 Å². The second-order valence-corrected chi connectivity index (χ2v) is 3.22. The molecule has 0 unspecified atom stereocenters. The van der Waals surface area contributed by atoms with Crippen molar-refractivity contribution in [3.8, 4) is 0 Å². The minimum Gasteiger partial charge on any atom is -0.468 e. The van der Waals surface area contributed by atoms with Crippen molar-refractivity contribution in [2.45, 2.75) is 0 Å². The van der Waals surface area contributed by atoms with Crippen molar-refractivity contribution < 1.29 is 9.53 Å². The van der Waals surface area contributed by atoms with E-state index in [0.29, 0.717) is 19.6 Å². The van der Waals surface area contributed by atoms with E-state index in [9.17, 15) is 4.79 Å². The number of nitrogens with one attached hydrogen (secondary N) is 1. The van der Waals surface area contributed by atoms with Crippen LogP contribution in [0.25, 0.3) is 0 Å². The molecule has 1 aliphatic heterocycles. The van der Waals surface area contributed by atoms with Crippen LogP contribution in [-0.4, -0.2) is 61.6 Å². The van der Waals surface area contributed by atoms with Crippen LogP contribution in [0, 0.1) is 5.41 Å². The SMILES string of the molecule is COC(=O)CN1CCN(C(=N)N)CC1. The fraction of sp³-hybridized carbons (Fsp3) is 0.750. The average Bonchev–Trinajstić information content (AvgIpc) is 2.18. The van der Waals surface area contributed by atoms with Gasteiger partial charge in [0.05, 0.1) is 13.7 Å². The second kappa shape index (κ2) is 4.80. The molecule has 0 saturated carbocycles. The molecule has 0 spiro atoms. The Balaban J connectivity index is 2.29. The highest BCUT2D eigenvalue weighted by molar-refractivity contribution is 5.74. The zero-order chi connectivity index (χ0) is 10.6. The summed E-state index contributed by atoms with van der Waals surface area (Å²) in [4.78, 5) is 14.7. The van der Waals surface area contributed by atoms with E-state index >= 15 is 0 Å². The van der Waals surface area contributed by atoms with Crippen LogP contribution >= 0.6 is 0 Å². The average molecular weight is 200 g/mol. The van der Waals surface area contributed by atoms with Gasteiger partial charge in [-0.2, -0.15) is 0 Å². The first kappa shape index (κ1) is 10.8. The lowest BCUT2D eigenvalue weighted by atomic mass is 10.3. The maximum atomic E-state index is 11.0. The number of ether oxygens (including phenoxy) is 1. The number of esters is 1. The van der Waals surface area contributed by atoms with E-state index < -0.39 is 0 Å². The first-order valence-electron chi connectivity index (χ1n) is 4.51. The number of hydrogen-bond acceptors (Lipinski definition) is 4. The van der Waals surface area contributed by atoms with Crippen molar-refractivity contribution >= 4 is 11.9 Å². The molecule has 0 aliphatic carbocycles. The van der Waals surface area contributed by atoms with Gasteiger partial charge in [-0.3, -0.25) is 15.1 Å². The Hall–Kier alpha value is -1.30. The molecule has 6 nitrogen and oxygen atoms in total. The summed E-state index contributed by atoms with van der Waals surface area (Å²) in [6, 6.07) is 0. The summed E-state index contributed by atoms with van der Waals surface area (Å²) in [7, 11) is 1.38. The molecule has 0 aromatic heterocycles. The molecule has 0 aromatic carbocycles. The number of nitrogens with two attached hydrogens (primary N) is 1. The van der Waals surface area contributed by atoms with Gasteiger partial charge in [0.15, 0.2) is 5.96 Å². The van der Waals surface area contributed by atoms with Crippen LogP contribution < -0.4 is 5.73 Å². The zero-order valence-corrected chi connectivity index (χ0v) is 8.32. The Morgan fingerprint density at radius 3 is 2.43 bits per heavy atom. The minimum absolute atomic E-state index is 0.0997. The van der Waals surface area contributed by atoms with Gasteiger partial charge in [0.1, 0.15) is 0 Å². The molecule has 0 atom stereocenters. The Morgan fingerprint density at radius 2 is 2.00 bits per heavy atom. The maximum absolute atomic E-state index is 11.0. The summed E-state index contributed by atoms with van der Waals surface area (Å²) in [5.41, 5.74) is 5.34. The molecule has 1 fully saturated rings. The summed E-state index contributed by atoms with van der Waals surface area (Å²) in [6.07, 6.45) is 0. The van der Waals surface area contributed by atoms with Gasteiger partial charge in [-0.15, -0.1) is 0 Å². The van der Waals surface area contributed by atoms with Gasteiger partial charge in [0.2, 0.25) is 0 Å². The highest BCUT2D eigenvalue weighted by atomic mass is 16.5. The van der Waals surface area contributed by atoms with E-state index in [1.54, 1.807) is 4.90 Å². The Bertz CT molecular complexity index is 223. The van der Waals surface area contributed by atoms with Crippen LogP contribution in [0.4, 0.5) is 0 Å². The van der Waals surface area contributed by atoms with Crippen molar-refractivity contribution in [3.63, 3.8) is 0 Å². The molecule has 0 aromatic rings. The van der Waals surface area contributed by atoms with Gasteiger partial charge in [-0.25, -0.2) is 0 Å². The van der Waals surface area contributed by atoms with E-state index in [0.717, 1.165) is 13.1 Å². The topological polar surface area (TPSA) is 82.7 Å². The van der Waals surface area contributed by atoms with E-state index in [-0.39, 0.29) is 11.9 Å². The Kier molecular flexibility index (Phi) is 3.70. The highest BCUT2D eigenvalue weighted by Crippen LogP contribution is 2.00. The van der Waals surface area contributed by atoms with E-state index in [1.807, 2.05) is 4.90 Å². The highest BCUT2D eigenvalue weighted by Gasteiger charge is 2.19. The van der Waals surface area contributed by atoms with Crippen LogP contribution in [0.5, 0.6) is 0 Å². The minimum atomic E-state index is -0.221. The molecule has 80 valence electrons. The van der Waals surface area contributed by atoms with Crippen LogP contribution in [-0.2, 0) is 9.53 Å². The molecule has 1 aliphatic rings. The summed E-state index contributed by atoms with van der Waals surface area (Å²) in [5, 5.41) is 7.23. The van der Waals surface area contributed by atoms with Gasteiger partial charge >= 0.3 is 5.97 Å². The fourth-order valence-electron chi connectivity index (χ4n) is 1.39. The third kappa shape index (κ3) is 2.88. The molecule has 1 heterocycles. The van der Waals surface area contributed by atoms with Crippen molar-refractivity contribution in [3.05, 3.63) is 0 Å². The van der Waals surface area contributed by atoms with Gasteiger partial charge in [-0.1, -0.05) is 0 Å². The van der Waals surface area contributed by atoms with Crippen molar-refractivity contribution in [1.29, 1.82) is 5.41 Å². The third-order valence-corrected chi connectivity index (χ3v) is 2.29. The lowest BCUT2D eigenvalue weighted by molar-refractivity contribution is -0.142. The summed E-state index contributed by atoms with van der Waals surface area (Å²) in [5.74, 6) is -0.121. The maximum Gasteiger partial charge on any atom is 0.319 e. The first-order chi connectivity index (χ1) is 6.63. The van der Waals surface area contributed by atoms with Crippen LogP contribution in [0.15, 0.2) is 0 Å². The quantitative estimate of drug-likeness (QED) is 0.328. The number of carbonyl (C=O) groups is 1. The molecule has 1 rings (SSSR count). The second-order valence-electron chi connectivity index (χ2n) is 3.22. The summed E-state index contributed by atoms with van der Waals surface area (Å²) < 4.78 is 4.57. The van der Waals surface area contributed by atoms with Gasteiger partial charge in [0, 0.05) is 26.2 Å². The molecule has 0 amide bonds. The fourth-order valence-corrected chi connectivity index (χ4v) is 1.39. The third-order valence-electron chi connectivity index (χ3n) is 2.29. The van der Waals surface area contributed by atoms with Gasteiger partial charge in [0.25, 0.3) is 0 Å². The van der Waals surface area contributed by atoms with E-state index in [4.69, 9.17) is 11.1 Å². The lowest BCUT2D eigenvalue weighted by Gasteiger charge is -2.34. The summed E-state index contributed by atoms with van der Waals surface area (Å²) >= 11 is 0. The van der Waals surface area contributed by atoms with Crippen LogP contribution in [0.2, 0.25) is 0 Å². The molecule has 1 saturated heterocycles.